The Balaban J connectivity index is 2.62. The van der Waals surface area contributed by atoms with Gasteiger partial charge in [0, 0.05) is 25.2 Å². The zero-order chi connectivity index (χ0) is 14.0. The predicted octanol–water partition coefficient (Wildman–Crippen LogP) is 0.896. The van der Waals surface area contributed by atoms with Crippen LogP contribution in [0.5, 0.6) is 5.75 Å². The van der Waals surface area contributed by atoms with E-state index in [1.807, 2.05) is 0 Å². The second kappa shape index (κ2) is 5.26. The van der Waals surface area contributed by atoms with E-state index >= 15 is 0 Å². The monoisotopic (exact) mass is 265 g/mol. The first kappa shape index (κ1) is 13.3. The third-order valence-electron chi connectivity index (χ3n) is 3.07. The topological polar surface area (TPSA) is 74.6 Å². The summed E-state index contributed by atoms with van der Waals surface area (Å²) < 4.78 is 11.1. The Kier molecular flexibility index (Phi) is 3.69. The molecule has 0 atom stereocenters. The van der Waals surface area contributed by atoms with Gasteiger partial charge in [-0.2, -0.15) is 0 Å². The van der Waals surface area contributed by atoms with E-state index in [2.05, 4.69) is 0 Å². The van der Waals surface area contributed by atoms with Crippen LogP contribution in [0.25, 0.3) is 0 Å². The number of hydrogen-bond donors (Lipinski definition) is 0. The van der Waals surface area contributed by atoms with Gasteiger partial charge in [0.25, 0.3) is 5.56 Å². The molecule has 6 heteroatoms. The number of fused-ring (bicyclic) bond motifs is 1. The molecule has 0 aromatic carbocycles. The lowest BCUT2D eigenvalue weighted by Crippen LogP contribution is -2.31. The first-order valence-electron chi connectivity index (χ1n) is 6.08. The van der Waals surface area contributed by atoms with Gasteiger partial charge < -0.3 is 14.0 Å². The zero-order valence-electron chi connectivity index (χ0n) is 10.9. The molecule has 0 unspecified atom stereocenters. The van der Waals surface area contributed by atoms with Crippen LogP contribution in [0.1, 0.15) is 35.8 Å². The molecule has 102 valence electrons. The van der Waals surface area contributed by atoms with Gasteiger partial charge in [-0.05, 0) is 19.3 Å². The van der Waals surface area contributed by atoms with E-state index < -0.39 is 11.9 Å². The maximum atomic E-state index is 12.1. The fourth-order valence-electron chi connectivity index (χ4n) is 2.26. The number of ether oxygens (including phenoxy) is 2. The number of aromatic nitrogens is 1. The molecule has 2 heterocycles. The van der Waals surface area contributed by atoms with Crippen LogP contribution in [0, 0.1) is 0 Å². The number of nitrogens with zero attached hydrogens (tertiary/aromatic N) is 1. The van der Waals surface area contributed by atoms with Crippen molar-refractivity contribution in [2.75, 3.05) is 7.11 Å². The van der Waals surface area contributed by atoms with Gasteiger partial charge in [0.1, 0.15) is 0 Å². The molecule has 1 aliphatic heterocycles. The van der Waals surface area contributed by atoms with Crippen LogP contribution in [0.4, 0.5) is 0 Å². The van der Waals surface area contributed by atoms with Crippen molar-refractivity contribution in [3.8, 4) is 5.75 Å². The van der Waals surface area contributed by atoms with Crippen LogP contribution in [-0.4, -0.2) is 23.6 Å². The molecule has 0 aliphatic carbocycles. The molecule has 0 amide bonds. The van der Waals surface area contributed by atoms with Crippen molar-refractivity contribution >= 4 is 11.9 Å². The maximum Gasteiger partial charge on any atom is 0.339 e. The van der Waals surface area contributed by atoms with Crippen molar-refractivity contribution in [2.24, 2.45) is 0 Å². The van der Waals surface area contributed by atoms with Gasteiger partial charge in [0.15, 0.2) is 5.75 Å². The molecule has 0 fully saturated rings. The van der Waals surface area contributed by atoms with Crippen LogP contribution in [0.15, 0.2) is 10.9 Å². The van der Waals surface area contributed by atoms with E-state index in [1.165, 1.54) is 24.7 Å². The smallest absolute Gasteiger partial charge is 0.339 e. The summed E-state index contributed by atoms with van der Waals surface area (Å²) in [6.45, 7) is 1.73. The van der Waals surface area contributed by atoms with Crippen molar-refractivity contribution in [1.29, 1.82) is 0 Å². The summed E-state index contributed by atoms with van der Waals surface area (Å²) >= 11 is 0. The fraction of sp³-hybridized carbons (Fsp3) is 0.462. The van der Waals surface area contributed by atoms with Gasteiger partial charge in [-0.3, -0.25) is 9.59 Å². The highest BCUT2D eigenvalue weighted by atomic mass is 16.5. The molecule has 1 aliphatic rings. The summed E-state index contributed by atoms with van der Waals surface area (Å²) in [4.78, 5) is 34.9. The molecule has 1 aromatic rings. The van der Waals surface area contributed by atoms with Crippen LogP contribution in [0.3, 0.4) is 0 Å². The average molecular weight is 265 g/mol. The number of rotatable bonds is 2. The molecule has 2 rings (SSSR count). The Morgan fingerprint density at radius 3 is 2.68 bits per heavy atom. The van der Waals surface area contributed by atoms with Gasteiger partial charge in [-0.1, -0.05) is 0 Å². The van der Waals surface area contributed by atoms with Gasteiger partial charge in [-0.15, -0.1) is 0 Å². The Morgan fingerprint density at radius 1 is 1.32 bits per heavy atom. The largest absolute Gasteiger partial charge is 0.465 e. The van der Waals surface area contributed by atoms with E-state index in [4.69, 9.17) is 9.47 Å². The summed E-state index contributed by atoms with van der Waals surface area (Å²) in [5, 5.41) is 0. The lowest BCUT2D eigenvalue weighted by molar-refractivity contribution is -0.132. The van der Waals surface area contributed by atoms with Crippen molar-refractivity contribution < 1.29 is 19.1 Å². The molecule has 0 spiro atoms. The Morgan fingerprint density at radius 2 is 2.05 bits per heavy atom. The van der Waals surface area contributed by atoms with Gasteiger partial charge in [0.05, 0.1) is 12.7 Å². The average Bonchev–Trinajstić information content (AvgIpc) is 2.40. The van der Waals surface area contributed by atoms with Crippen LogP contribution < -0.4 is 10.3 Å². The highest BCUT2D eigenvalue weighted by Crippen LogP contribution is 2.21. The minimum Gasteiger partial charge on any atom is -0.465 e. The minimum absolute atomic E-state index is 0.126. The Hall–Kier alpha value is -2.11. The van der Waals surface area contributed by atoms with Crippen LogP contribution in [0.2, 0.25) is 0 Å². The summed E-state index contributed by atoms with van der Waals surface area (Å²) in [6.07, 6.45) is 2.41. The Bertz CT molecular complexity index is 587. The summed E-state index contributed by atoms with van der Waals surface area (Å²) in [7, 11) is 1.28. The Labute approximate surface area is 109 Å². The summed E-state index contributed by atoms with van der Waals surface area (Å²) in [5.41, 5.74) is 0.564. The third-order valence-corrected chi connectivity index (χ3v) is 3.07. The predicted molar refractivity (Wildman–Crippen MR) is 66.3 cm³/mol. The molecule has 19 heavy (non-hydrogen) atoms. The maximum absolute atomic E-state index is 12.1. The zero-order valence-corrected chi connectivity index (χ0v) is 10.9. The van der Waals surface area contributed by atoms with E-state index in [0.29, 0.717) is 18.7 Å². The molecular formula is C13H15NO5. The number of carbonyl (C=O) groups excluding carboxylic acids is 2. The molecule has 1 aromatic heterocycles. The standard InChI is InChI=1S/C13H15NO5/c1-8(15)19-11-7-9(13(17)18-2)10-5-3-4-6-14(10)12(11)16/h7H,3-6H2,1-2H3. The quantitative estimate of drug-likeness (QED) is 0.742. The third kappa shape index (κ3) is 2.52. The van der Waals surface area contributed by atoms with Gasteiger partial charge in [-0.25, -0.2) is 4.79 Å². The number of hydrogen-bond acceptors (Lipinski definition) is 5. The fourth-order valence-corrected chi connectivity index (χ4v) is 2.26. The van der Waals surface area contributed by atoms with E-state index in [1.54, 1.807) is 0 Å². The number of carbonyl (C=O) groups is 2. The van der Waals surface area contributed by atoms with Crippen molar-refractivity contribution in [2.45, 2.75) is 32.7 Å². The second-order valence-electron chi connectivity index (χ2n) is 4.37. The normalized spacial score (nSPS) is 13.6. The van der Waals surface area contributed by atoms with Crippen molar-refractivity contribution in [3.05, 3.63) is 27.7 Å². The second-order valence-corrected chi connectivity index (χ2v) is 4.37. The summed E-state index contributed by atoms with van der Waals surface area (Å²) in [5.74, 6) is -1.25. The van der Waals surface area contributed by atoms with Crippen LogP contribution in [-0.2, 0) is 22.5 Å². The highest BCUT2D eigenvalue weighted by Gasteiger charge is 2.23. The first-order valence-corrected chi connectivity index (χ1v) is 6.08. The van der Waals surface area contributed by atoms with E-state index in [-0.39, 0.29) is 16.9 Å². The van der Waals surface area contributed by atoms with Gasteiger partial charge in [0.2, 0.25) is 0 Å². The molecule has 0 saturated heterocycles. The molecule has 0 bridgehead atoms. The molecule has 0 N–H and O–H groups in total. The number of methoxy groups -OCH3 is 1. The molecule has 0 saturated carbocycles. The summed E-state index contributed by atoms with van der Waals surface area (Å²) in [6, 6.07) is 1.30. The lowest BCUT2D eigenvalue weighted by atomic mass is 10.0. The molecular weight excluding hydrogens is 250 g/mol. The van der Waals surface area contributed by atoms with E-state index in [9.17, 15) is 14.4 Å². The first-order chi connectivity index (χ1) is 9.04. The lowest BCUT2D eigenvalue weighted by Gasteiger charge is -2.21. The highest BCUT2D eigenvalue weighted by molar-refractivity contribution is 5.91. The van der Waals surface area contributed by atoms with Crippen molar-refractivity contribution in [1.82, 2.24) is 4.57 Å². The molecule has 6 nitrogen and oxygen atoms in total. The van der Waals surface area contributed by atoms with Gasteiger partial charge >= 0.3 is 11.9 Å². The van der Waals surface area contributed by atoms with E-state index in [0.717, 1.165) is 12.8 Å². The SMILES string of the molecule is COC(=O)c1cc(OC(C)=O)c(=O)n2c1CCCC2. The van der Waals surface area contributed by atoms with Crippen molar-refractivity contribution in [3.63, 3.8) is 0 Å². The molecule has 0 radical (unpaired) electrons. The number of esters is 2. The minimum atomic E-state index is -0.593. The van der Waals surface area contributed by atoms with Crippen LogP contribution >= 0.6 is 0 Å². The number of pyridine rings is 1.